The highest BCUT2D eigenvalue weighted by Crippen LogP contribution is 2.65. The Morgan fingerprint density at radius 3 is 2.68 bits per heavy atom. The number of pyridine rings is 1. The Morgan fingerprint density at radius 1 is 1.32 bits per heavy atom. The summed E-state index contributed by atoms with van der Waals surface area (Å²) in [7, 11) is 0. The summed E-state index contributed by atoms with van der Waals surface area (Å²) in [6, 6.07) is 10.8. The number of halogens is 2. The standard InChI is InChI=1S/C24H21BrClNO4/c1-3-16(25)10-9-14(2)24-20(15-7-5-4-6-8-15)18(13-28)22(29)23(24,30)21-19(31-24)11-17(26)12-27-21/h3-13,18,20,22,29-30H,2H2,1H3/b10-9-,16-3+/t18-,20-,22-,23+,24+/m1/s1. The number of ether oxygens (including phenoxy) is 1. The molecule has 0 amide bonds. The summed E-state index contributed by atoms with van der Waals surface area (Å²) in [4.78, 5) is 16.5. The molecule has 1 saturated carbocycles. The largest absolute Gasteiger partial charge is 0.476 e. The molecular formula is C24H21BrClNO4. The molecule has 0 saturated heterocycles. The van der Waals surface area contributed by atoms with Crippen LogP contribution < -0.4 is 4.74 Å². The topological polar surface area (TPSA) is 79.7 Å². The molecule has 0 radical (unpaired) electrons. The van der Waals surface area contributed by atoms with Gasteiger partial charge < -0.3 is 19.7 Å². The van der Waals surface area contributed by atoms with E-state index in [1.807, 2.05) is 43.3 Å². The minimum Gasteiger partial charge on any atom is -0.476 e. The lowest BCUT2D eigenvalue weighted by Gasteiger charge is -2.40. The zero-order chi connectivity index (χ0) is 22.4. The lowest BCUT2D eigenvalue weighted by Crippen LogP contribution is -2.55. The monoisotopic (exact) mass is 501 g/mol. The van der Waals surface area contributed by atoms with E-state index in [-0.39, 0.29) is 11.4 Å². The van der Waals surface area contributed by atoms with Crippen molar-refractivity contribution in [3.8, 4) is 5.75 Å². The number of carbonyl (C=O) groups excluding carboxylic acids is 1. The van der Waals surface area contributed by atoms with E-state index in [4.69, 9.17) is 16.3 Å². The normalized spacial score (nSPS) is 31.9. The summed E-state index contributed by atoms with van der Waals surface area (Å²) >= 11 is 9.55. The number of allylic oxidation sites excluding steroid dienone is 3. The van der Waals surface area contributed by atoms with Gasteiger partial charge >= 0.3 is 0 Å². The van der Waals surface area contributed by atoms with E-state index in [1.165, 1.54) is 6.20 Å². The van der Waals surface area contributed by atoms with Gasteiger partial charge in [-0.2, -0.15) is 0 Å². The molecule has 0 spiro atoms. The van der Waals surface area contributed by atoms with E-state index in [1.54, 1.807) is 18.2 Å². The third kappa shape index (κ3) is 3.04. The Bertz CT molecular complexity index is 1100. The van der Waals surface area contributed by atoms with Crippen LogP contribution in [0.15, 0.2) is 77.5 Å². The summed E-state index contributed by atoms with van der Waals surface area (Å²) in [5.41, 5.74) is -2.33. The van der Waals surface area contributed by atoms with E-state index in [2.05, 4.69) is 27.5 Å². The lowest BCUT2D eigenvalue weighted by atomic mass is 9.71. The number of aldehydes is 1. The van der Waals surface area contributed by atoms with E-state index >= 15 is 0 Å². The van der Waals surface area contributed by atoms with Crippen molar-refractivity contribution >= 4 is 33.8 Å². The summed E-state index contributed by atoms with van der Waals surface area (Å²) in [5, 5.41) is 23.7. The van der Waals surface area contributed by atoms with E-state index in [0.717, 1.165) is 10.0 Å². The molecule has 5 nitrogen and oxygen atoms in total. The first-order valence-electron chi connectivity index (χ1n) is 9.76. The van der Waals surface area contributed by atoms with E-state index in [0.29, 0.717) is 16.9 Å². The van der Waals surface area contributed by atoms with Gasteiger partial charge in [0.1, 0.15) is 23.8 Å². The van der Waals surface area contributed by atoms with Crippen molar-refractivity contribution in [1.29, 1.82) is 0 Å². The van der Waals surface area contributed by atoms with Gasteiger partial charge in [-0.1, -0.05) is 76.6 Å². The molecule has 7 heteroatoms. The second kappa shape index (κ2) is 8.02. The molecule has 160 valence electrons. The average molecular weight is 503 g/mol. The molecule has 1 fully saturated rings. The molecule has 1 aliphatic heterocycles. The van der Waals surface area contributed by atoms with Crippen molar-refractivity contribution in [3.63, 3.8) is 0 Å². The molecule has 1 aromatic heterocycles. The first-order chi connectivity index (χ1) is 14.8. The molecule has 4 rings (SSSR count). The number of nitrogens with zero attached hydrogens (tertiary/aromatic N) is 1. The van der Waals surface area contributed by atoms with Crippen molar-refractivity contribution in [2.24, 2.45) is 5.92 Å². The van der Waals surface area contributed by atoms with Crippen LogP contribution in [0.5, 0.6) is 5.75 Å². The number of aliphatic hydroxyl groups is 2. The van der Waals surface area contributed by atoms with Gasteiger partial charge in [0.2, 0.25) is 0 Å². The highest BCUT2D eigenvalue weighted by molar-refractivity contribution is 9.11. The Kier molecular flexibility index (Phi) is 5.68. The number of aliphatic hydroxyl groups excluding tert-OH is 1. The van der Waals surface area contributed by atoms with Gasteiger partial charge in [-0.15, -0.1) is 0 Å². The van der Waals surface area contributed by atoms with Crippen LogP contribution in [0, 0.1) is 5.92 Å². The predicted molar refractivity (Wildman–Crippen MR) is 122 cm³/mol. The zero-order valence-electron chi connectivity index (χ0n) is 16.7. The van der Waals surface area contributed by atoms with Crippen molar-refractivity contribution in [3.05, 3.63) is 93.7 Å². The number of hydrogen-bond acceptors (Lipinski definition) is 5. The SMILES string of the molecule is C=C(/C=C\C(Br)=C/C)[C@@]12Oc3cc(Cl)cnc3[C@]1(O)[C@H](O)[C@H](C=O)[C@H]2c1ccccc1. The Labute approximate surface area is 193 Å². The van der Waals surface area contributed by atoms with Gasteiger partial charge in [-0.05, 0) is 24.1 Å². The van der Waals surface area contributed by atoms with Crippen LogP contribution in [-0.2, 0) is 10.4 Å². The van der Waals surface area contributed by atoms with Crippen LogP contribution in [0.1, 0.15) is 24.1 Å². The van der Waals surface area contributed by atoms with Crippen LogP contribution in [0.2, 0.25) is 5.02 Å². The number of aromatic nitrogens is 1. The van der Waals surface area contributed by atoms with E-state index in [9.17, 15) is 15.0 Å². The van der Waals surface area contributed by atoms with Gasteiger partial charge in [-0.3, -0.25) is 4.98 Å². The molecule has 2 aliphatic rings. The minimum atomic E-state index is -2.01. The molecule has 0 bridgehead atoms. The van der Waals surface area contributed by atoms with Crippen molar-refractivity contribution in [1.82, 2.24) is 4.98 Å². The number of fused-ring (bicyclic) bond motifs is 3. The predicted octanol–water partition coefficient (Wildman–Crippen LogP) is 4.44. The molecule has 5 atom stereocenters. The zero-order valence-corrected chi connectivity index (χ0v) is 19.0. The summed E-state index contributed by atoms with van der Waals surface area (Å²) < 4.78 is 7.20. The van der Waals surface area contributed by atoms with Crippen LogP contribution in [0.25, 0.3) is 0 Å². The molecule has 1 aromatic carbocycles. The third-order valence-electron chi connectivity index (χ3n) is 6.15. The maximum absolute atomic E-state index is 12.2. The molecule has 2 aromatic rings. The second-order valence-corrected chi connectivity index (χ2v) is 9.04. The molecule has 0 unspecified atom stereocenters. The van der Waals surface area contributed by atoms with Crippen LogP contribution in [0.4, 0.5) is 0 Å². The van der Waals surface area contributed by atoms with Gasteiger partial charge in [0.05, 0.1) is 10.9 Å². The van der Waals surface area contributed by atoms with Crippen LogP contribution in [0.3, 0.4) is 0 Å². The van der Waals surface area contributed by atoms with Crippen LogP contribution >= 0.6 is 27.5 Å². The van der Waals surface area contributed by atoms with Crippen molar-refractivity contribution in [2.45, 2.75) is 30.1 Å². The lowest BCUT2D eigenvalue weighted by molar-refractivity contribution is -0.135. The van der Waals surface area contributed by atoms with Crippen molar-refractivity contribution in [2.75, 3.05) is 0 Å². The van der Waals surface area contributed by atoms with Crippen LogP contribution in [-0.4, -0.2) is 33.2 Å². The number of benzene rings is 1. The fraction of sp³-hybridized carbons (Fsp3) is 0.250. The quantitative estimate of drug-likeness (QED) is 0.467. The average Bonchev–Trinajstić information content (AvgIpc) is 3.14. The fourth-order valence-corrected chi connectivity index (χ4v) is 5.06. The van der Waals surface area contributed by atoms with Gasteiger partial charge in [-0.25, -0.2) is 0 Å². The highest BCUT2D eigenvalue weighted by Gasteiger charge is 2.76. The second-order valence-electron chi connectivity index (χ2n) is 7.68. The van der Waals surface area contributed by atoms with Gasteiger partial charge in [0.25, 0.3) is 0 Å². The minimum absolute atomic E-state index is 0.134. The molecular weight excluding hydrogens is 482 g/mol. The Hall–Kier alpha value is -2.25. The summed E-state index contributed by atoms with van der Waals surface area (Å²) in [5.74, 6) is -1.42. The highest BCUT2D eigenvalue weighted by atomic mass is 79.9. The third-order valence-corrected chi connectivity index (χ3v) is 7.07. The molecule has 31 heavy (non-hydrogen) atoms. The van der Waals surface area contributed by atoms with Gasteiger partial charge in [0, 0.05) is 22.7 Å². The first kappa shape index (κ1) is 22.0. The van der Waals surface area contributed by atoms with Gasteiger partial charge in [0.15, 0.2) is 11.2 Å². The fourth-order valence-electron chi connectivity index (χ4n) is 4.78. The molecule has 2 heterocycles. The van der Waals surface area contributed by atoms with E-state index < -0.39 is 29.1 Å². The van der Waals surface area contributed by atoms with Crippen molar-refractivity contribution < 1.29 is 19.7 Å². The maximum Gasteiger partial charge on any atom is 0.181 e. The molecule has 1 aliphatic carbocycles. The number of hydrogen-bond donors (Lipinski definition) is 2. The first-order valence-corrected chi connectivity index (χ1v) is 10.9. The molecule has 2 N–H and O–H groups in total. The Morgan fingerprint density at radius 2 is 2.03 bits per heavy atom. The Balaban J connectivity index is 2.01. The number of carbonyl (C=O) groups is 1. The summed E-state index contributed by atoms with van der Waals surface area (Å²) in [6.45, 7) is 6.07. The smallest absolute Gasteiger partial charge is 0.181 e. The summed E-state index contributed by atoms with van der Waals surface area (Å²) in [6.07, 6.45) is 5.90. The maximum atomic E-state index is 12.2. The number of rotatable bonds is 5.